The maximum atomic E-state index is 14.9. The Morgan fingerprint density at radius 1 is 1.40 bits per heavy atom. The summed E-state index contributed by atoms with van der Waals surface area (Å²) in [7, 11) is 1.62. The number of aliphatic imine (C=N–C) groups is 1. The van der Waals surface area contributed by atoms with Gasteiger partial charge in [0.1, 0.15) is 11.5 Å². The Labute approximate surface area is 176 Å². The second-order valence-corrected chi connectivity index (χ2v) is 7.41. The first-order valence-corrected chi connectivity index (χ1v) is 10.3. The Bertz CT molecular complexity index is 1130. The van der Waals surface area contributed by atoms with Crippen LogP contribution in [0.1, 0.15) is 41.3 Å². The molecule has 0 aliphatic carbocycles. The van der Waals surface area contributed by atoms with Gasteiger partial charge in [-0.3, -0.25) is 4.79 Å². The number of aromatic amines is 1. The second kappa shape index (κ2) is 9.62. The number of carbonyl (C=O) groups is 1. The molecule has 0 fully saturated rings. The Balaban J connectivity index is 2.00. The van der Waals surface area contributed by atoms with Crippen molar-refractivity contribution in [3.63, 3.8) is 0 Å². The zero-order valence-corrected chi connectivity index (χ0v) is 17.4. The van der Waals surface area contributed by atoms with Crippen LogP contribution in [0.2, 0.25) is 0 Å². The highest BCUT2D eigenvalue weighted by molar-refractivity contribution is 8.00. The molecule has 0 bridgehead atoms. The van der Waals surface area contributed by atoms with E-state index in [-0.39, 0.29) is 17.0 Å². The minimum absolute atomic E-state index is 0.0532. The fourth-order valence-electron chi connectivity index (χ4n) is 2.86. The molecule has 2 aromatic heterocycles. The maximum Gasteiger partial charge on any atom is 0.201 e. The van der Waals surface area contributed by atoms with Crippen LogP contribution in [-0.2, 0) is 0 Å². The molecule has 3 N–H and O–H groups in total. The summed E-state index contributed by atoms with van der Waals surface area (Å²) in [6, 6.07) is 3.96. The van der Waals surface area contributed by atoms with Gasteiger partial charge in [0.2, 0.25) is 5.78 Å². The highest BCUT2D eigenvalue weighted by Crippen LogP contribution is 2.28. The average molecular weight is 429 g/mol. The number of fused-ring (bicyclic) bond motifs is 1. The van der Waals surface area contributed by atoms with Crippen LogP contribution in [0.5, 0.6) is 0 Å². The van der Waals surface area contributed by atoms with E-state index in [1.807, 2.05) is 6.92 Å². The van der Waals surface area contributed by atoms with Gasteiger partial charge in [-0.05, 0) is 24.6 Å². The molecule has 0 aliphatic heterocycles. The van der Waals surface area contributed by atoms with Gasteiger partial charge in [-0.1, -0.05) is 18.9 Å². The number of aromatic nitrogens is 2. The highest BCUT2D eigenvalue weighted by Gasteiger charge is 2.24. The number of nitrogens with zero attached hydrogens (tertiary/aromatic N) is 2. The number of ketones is 1. The van der Waals surface area contributed by atoms with Crippen LogP contribution < -0.4 is 4.72 Å². The number of benzene rings is 1. The first-order valence-electron chi connectivity index (χ1n) is 9.34. The Kier molecular flexibility index (Phi) is 6.94. The first-order chi connectivity index (χ1) is 14.5. The van der Waals surface area contributed by atoms with Crippen molar-refractivity contribution in [1.82, 2.24) is 9.97 Å². The lowest BCUT2D eigenvalue weighted by molar-refractivity contribution is 0.103. The Hall–Kier alpha value is -3.07. The zero-order valence-electron chi connectivity index (χ0n) is 16.6. The Morgan fingerprint density at radius 3 is 2.93 bits per heavy atom. The van der Waals surface area contributed by atoms with E-state index in [4.69, 9.17) is 5.41 Å². The third kappa shape index (κ3) is 4.40. The van der Waals surface area contributed by atoms with Crippen molar-refractivity contribution in [3.05, 3.63) is 58.9 Å². The molecule has 0 aliphatic rings. The second-order valence-electron chi connectivity index (χ2n) is 6.51. The highest BCUT2D eigenvalue weighted by atomic mass is 32.2. The van der Waals surface area contributed by atoms with Gasteiger partial charge in [0.15, 0.2) is 5.82 Å². The van der Waals surface area contributed by atoms with Gasteiger partial charge < -0.3 is 20.1 Å². The smallest absolute Gasteiger partial charge is 0.201 e. The van der Waals surface area contributed by atoms with Gasteiger partial charge in [0, 0.05) is 60.1 Å². The van der Waals surface area contributed by atoms with Crippen molar-refractivity contribution in [2.75, 3.05) is 17.5 Å². The van der Waals surface area contributed by atoms with Crippen molar-refractivity contribution < 1.29 is 13.6 Å². The molecule has 0 unspecified atom stereocenters. The van der Waals surface area contributed by atoms with E-state index in [0.717, 1.165) is 18.2 Å². The standard InChI is InChI=1S/C21H21F2N5OS/c1-3-8-30-28-17-5-4-15(22)18(19(17)23)20(29)14-11-27-21-13(14)9-12(10-26-21)16(24)6-7-25-2/h4-5,7,9-11,24,28H,3,6,8H2,1-2H3,(H,26,27). The predicted molar refractivity (Wildman–Crippen MR) is 118 cm³/mol. The molecule has 1 aromatic carbocycles. The van der Waals surface area contributed by atoms with Gasteiger partial charge in [-0.15, -0.1) is 0 Å². The number of carbonyl (C=O) groups excluding carboxylic acids is 1. The summed E-state index contributed by atoms with van der Waals surface area (Å²) in [6.07, 6.45) is 5.68. The molecule has 156 valence electrons. The monoisotopic (exact) mass is 429 g/mol. The number of H-pyrrole nitrogens is 1. The van der Waals surface area contributed by atoms with E-state index in [0.29, 0.717) is 23.0 Å². The molecule has 0 saturated heterocycles. The first kappa shape index (κ1) is 21.6. The molecule has 0 radical (unpaired) electrons. The van der Waals surface area contributed by atoms with Crippen molar-refractivity contribution in [1.29, 1.82) is 5.41 Å². The van der Waals surface area contributed by atoms with Gasteiger partial charge in [-0.25, -0.2) is 13.8 Å². The molecule has 9 heteroatoms. The molecule has 3 rings (SSSR count). The van der Waals surface area contributed by atoms with Crippen LogP contribution in [-0.4, -0.2) is 40.5 Å². The number of nitrogens with one attached hydrogen (secondary N) is 3. The van der Waals surface area contributed by atoms with E-state index in [1.54, 1.807) is 19.3 Å². The Morgan fingerprint density at radius 2 is 2.20 bits per heavy atom. The molecule has 30 heavy (non-hydrogen) atoms. The lowest BCUT2D eigenvalue weighted by Gasteiger charge is -2.10. The van der Waals surface area contributed by atoms with E-state index in [1.165, 1.54) is 30.4 Å². The minimum atomic E-state index is -0.936. The molecular formula is C21H21F2N5OS. The summed E-state index contributed by atoms with van der Waals surface area (Å²) >= 11 is 1.28. The lowest BCUT2D eigenvalue weighted by Crippen LogP contribution is -2.09. The summed E-state index contributed by atoms with van der Waals surface area (Å²) in [4.78, 5) is 24.0. The normalized spacial score (nSPS) is 11.3. The number of pyridine rings is 1. The van der Waals surface area contributed by atoms with Gasteiger partial charge in [-0.2, -0.15) is 0 Å². The van der Waals surface area contributed by atoms with E-state index in [2.05, 4.69) is 19.7 Å². The van der Waals surface area contributed by atoms with Gasteiger partial charge in [0.25, 0.3) is 0 Å². The zero-order chi connectivity index (χ0) is 21.7. The number of rotatable bonds is 9. The molecule has 0 saturated carbocycles. The molecule has 0 spiro atoms. The van der Waals surface area contributed by atoms with Crippen LogP contribution in [0, 0.1) is 17.0 Å². The van der Waals surface area contributed by atoms with Gasteiger partial charge >= 0.3 is 0 Å². The van der Waals surface area contributed by atoms with Crippen molar-refractivity contribution in [2.45, 2.75) is 19.8 Å². The van der Waals surface area contributed by atoms with Crippen LogP contribution in [0.15, 0.2) is 35.6 Å². The number of hydrogen-bond donors (Lipinski definition) is 3. The summed E-state index contributed by atoms with van der Waals surface area (Å²) < 4.78 is 32.2. The van der Waals surface area contributed by atoms with E-state index < -0.39 is 23.0 Å². The molecule has 2 heterocycles. The van der Waals surface area contributed by atoms with Crippen molar-refractivity contribution >= 4 is 46.4 Å². The summed E-state index contributed by atoms with van der Waals surface area (Å²) in [6.45, 7) is 1.98. The van der Waals surface area contributed by atoms with Crippen molar-refractivity contribution in [3.8, 4) is 0 Å². The summed E-state index contributed by atoms with van der Waals surface area (Å²) in [5.41, 5.74) is 0.684. The van der Waals surface area contributed by atoms with E-state index >= 15 is 0 Å². The van der Waals surface area contributed by atoms with Crippen LogP contribution in [0.25, 0.3) is 11.0 Å². The maximum absolute atomic E-state index is 14.9. The largest absolute Gasteiger partial charge is 0.345 e. The van der Waals surface area contributed by atoms with Crippen LogP contribution in [0.3, 0.4) is 0 Å². The third-order valence-corrected chi connectivity index (χ3v) is 5.39. The molecule has 3 aromatic rings. The van der Waals surface area contributed by atoms with Crippen molar-refractivity contribution in [2.24, 2.45) is 4.99 Å². The summed E-state index contributed by atoms with van der Waals surface area (Å²) in [5.74, 6) is -1.92. The fourth-order valence-corrected chi connectivity index (χ4v) is 3.48. The number of anilines is 1. The third-order valence-electron chi connectivity index (χ3n) is 4.41. The molecule has 6 nitrogen and oxygen atoms in total. The topological polar surface area (TPSA) is 94.0 Å². The van der Waals surface area contributed by atoms with Gasteiger partial charge in [0.05, 0.1) is 11.3 Å². The summed E-state index contributed by atoms with van der Waals surface area (Å²) in [5, 5.41) is 8.52. The molecule has 0 atom stereocenters. The molecular weight excluding hydrogens is 408 g/mol. The lowest BCUT2D eigenvalue weighted by atomic mass is 10.00. The molecule has 0 amide bonds. The van der Waals surface area contributed by atoms with E-state index in [9.17, 15) is 13.6 Å². The predicted octanol–water partition coefficient (Wildman–Crippen LogP) is 5.00. The fraction of sp³-hybridized carbons (Fsp3) is 0.238. The number of hydrogen-bond acceptors (Lipinski definition) is 6. The number of halogens is 2. The SMILES string of the molecule is CCCSNc1ccc(F)c(C(=O)c2c[nH]c3ncc(C(=N)CC=NC)cc23)c1F. The average Bonchev–Trinajstić information content (AvgIpc) is 3.17. The van der Waals surface area contributed by atoms with Crippen LogP contribution in [0.4, 0.5) is 14.5 Å². The quantitative estimate of drug-likeness (QED) is 0.193. The minimum Gasteiger partial charge on any atom is -0.345 e. The van der Waals surface area contributed by atoms with Crippen LogP contribution >= 0.6 is 11.9 Å².